The smallest absolute Gasteiger partial charge is 0.287 e. The number of rotatable bonds is 4. The Morgan fingerprint density at radius 2 is 2.19 bits per heavy atom. The van der Waals surface area contributed by atoms with Gasteiger partial charge in [0.1, 0.15) is 12.7 Å². The second-order valence-corrected chi connectivity index (χ2v) is 4.58. The first-order chi connectivity index (χ1) is 10.3. The van der Waals surface area contributed by atoms with E-state index in [0.717, 1.165) is 16.8 Å². The molecule has 1 aromatic carbocycles. The van der Waals surface area contributed by atoms with Crippen LogP contribution < -0.4 is 5.32 Å². The van der Waals surface area contributed by atoms with E-state index < -0.39 is 0 Å². The highest BCUT2D eigenvalue weighted by Crippen LogP contribution is 2.13. The van der Waals surface area contributed by atoms with E-state index in [1.807, 2.05) is 31.2 Å². The average Bonchev–Trinajstić information content (AvgIpc) is 3.16. The van der Waals surface area contributed by atoms with Gasteiger partial charge < -0.3 is 9.73 Å². The van der Waals surface area contributed by atoms with Gasteiger partial charge >= 0.3 is 0 Å². The Labute approximate surface area is 121 Å². The molecule has 0 bridgehead atoms. The van der Waals surface area contributed by atoms with Crippen LogP contribution in [0.25, 0.3) is 5.69 Å². The van der Waals surface area contributed by atoms with Gasteiger partial charge in [-0.2, -0.15) is 5.10 Å². The number of carbonyl (C=O) groups excluding carboxylic acids is 1. The Bertz CT molecular complexity index is 747. The lowest BCUT2D eigenvalue weighted by atomic mass is 10.1. The highest BCUT2D eigenvalue weighted by molar-refractivity contribution is 5.92. The lowest BCUT2D eigenvalue weighted by Gasteiger charge is -2.09. The van der Waals surface area contributed by atoms with Crippen molar-refractivity contribution in [2.24, 2.45) is 0 Å². The summed E-state index contributed by atoms with van der Waals surface area (Å²) in [5.74, 6) is 0.110. The summed E-state index contributed by atoms with van der Waals surface area (Å²) in [5, 5.41) is 6.96. The molecule has 0 saturated carbocycles. The molecule has 1 N–H and O–H groups in total. The molecular weight excluding hydrogens is 268 g/mol. The zero-order chi connectivity index (χ0) is 14.7. The Balaban J connectivity index is 1.77. The summed E-state index contributed by atoms with van der Waals surface area (Å²) in [5.41, 5.74) is 2.64. The number of nitrogens with one attached hydrogen (secondary N) is 1. The monoisotopic (exact) mass is 282 g/mol. The van der Waals surface area contributed by atoms with Crippen LogP contribution in [0.2, 0.25) is 0 Å². The number of para-hydroxylation sites is 1. The minimum absolute atomic E-state index is 0.231. The van der Waals surface area contributed by atoms with E-state index in [-0.39, 0.29) is 5.91 Å². The number of aryl methyl sites for hydroxylation is 1. The summed E-state index contributed by atoms with van der Waals surface area (Å²) in [4.78, 5) is 16.0. The van der Waals surface area contributed by atoms with Gasteiger partial charge in [0.15, 0.2) is 5.76 Å². The van der Waals surface area contributed by atoms with Gasteiger partial charge in [0, 0.05) is 12.1 Å². The maximum Gasteiger partial charge on any atom is 0.287 e. The highest BCUT2D eigenvalue weighted by atomic mass is 16.3. The largest absolute Gasteiger partial charge is 0.459 e. The number of benzene rings is 1. The molecule has 0 unspecified atom stereocenters. The SMILES string of the molecule is Cc1ccoc1C(=O)NCc1ccccc1-n1cncn1. The fraction of sp³-hybridized carbons (Fsp3) is 0.133. The van der Waals surface area contributed by atoms with Gasteiger partial charge in [-0.05, 0) is 24.6 Å². The molecule has 0 atom stereocenters. The van der Waals surface area contributed by atoms with Crippen molar-refractivity contribution in [3.8, 4) is 5.69 Å². The van der Waals surface area contributed by atoms with Crippen molar-refractivity contribution in [1.82, 2.24) is 20.1 Å². The third kappa shape index (κ3) is 2.69. The molecule has 0 spiro atoms. The van der Waals surface area contributed by atoms with E-state index in [0.29, 0.717) is 12.3 Å². The van der Waals surface area contributed by atoms with E-state index >= 15 is 0 Å². The summed E-state index contributed by atoms with van der Waals surface area (Å²) in [6, 6.07) is 9.46. The van der Waals surface area contributed by atoms with Gasteiger partial charge in [-0.15, -0.1) is 0 Å². The summed E-state index contributed by atoms with van der Waals surface area (Å²) < 4.78 is 6.84. The van der Waals surface area contributed by atoms with Crippen LogP contribution in [0.1, 0.15) is 21.7 Å². The minimum Gasteiger partial charge on any atom is -0.459 e. The molecule has 6 heteroatoms. The lowest BCUT2D eigenvalue weighted by molar-refractivity contribution is 0.0922. The number of furan rings is 1. The molecule has 106 valence electrons. The second kappa shape index (κ2) is 5.62. The molecule has 2 heterocycles. The second-order valence-electron chi connectivity index (χ2n) is 4.58. The van der Waals surface area contributed by atoms with Crippen LogP contribution in [0.15, 0.2) is 53.7 Å². The normalized spacial score (nSPS) is 10.5. The molecule has 3 rings (SSSR count). The first kappa shape index (κ1) is 13.1. The molecule has 0 radical (unpaired) electrons. The Kier molecular flexibility index (Phi) is 3.51. The molecule has 1 amide bonds. The number of nitrogens with zero attached hydrogens (tertiary/aromatic N) is 3. The number of hydrogen-bond acceptors (Lipinski definition) is 4. The predicted octanol–water partition coefficient (Wildman–Crippen LogP) is 2.10. The predicted molar refractivity (Wildman–Crippen MR) is 76.0 cm³/mol. The fourth-order valence-electron chi connectivity index (χ4n) is 2.08. The van der Waals surface area contributed by atoms with Crippen LogP contribution in [-0.2, 0) is 6.54 Å². The van der Waals surface area contributed by atoms with Gasteiger partial charge in [-0.1, -0.05) is 18.2 Å². The van der Waals surface area contributed by atoms with E-state index in [1.165, 1.54) is 12.6 Å². The molecule has 0 saturated heterocycles. The van der Waals surface area contributed by atoms with Crippen molar-refractivity contribution >= 4 is 5.91 Å². The van der Waals surface area contributed by atoms with Crippen molar-refractivity contribution in [3.05, 3.63) is 66.1 Å². The molecule has 21 heavy (non-hydrogen) atoms. The van der Waals surface area contributed by atoms with Crippen LogP contribution >= 0.6 is 0 Å². The molecule has 0 aliphatic carbocycles. The van der Waals surface area contributed by atoms with Gasteiger partial charge in [0.25, 0.3) is 5.91 Å². The van der Waals surface area contributed by atoms with Crippen molar-refractivity contribution < 1.29 is 9.21 Å². The quantitative estimate of drug-likeness (QED) is 0.795. The zero-order valence-electron chi connectivity index (χ0n) is 11.5. The number of hydrogen-bond donors (Lipinski definition) is 1. The average molecular weight is 282 g/mol. The number of carbonyl (C=O) groups is 1. The maximum atomic E-state index is 12.1. The Hall–Kier alpha value is -2.89. The van der Waals surface area contributed by atoms with Crippen LogP contribution in [0.3, 0.4) is 0 Å². The molecule has 0 fully saturated rings. The minimum atomic E-state index is -0.231. The van der Waals surface area contributed by atoms with Gasteiger partial charge in [0.05, 0.1) is 12.0 Å². The fourth-order valence-corrected chi connectivity index (χ4v) is 2.08. The van der Waals surface area contributed by atoms with Gasteiger partial charge in [0.2, 0.25) is 0 Å². The van der Waals surface area contributed by atoms with Gasteiger partial charge in [-0.25, -0.2) is 9.67 Å². The van der Waals surface area contributed by atoms with Crippen LogP contribution in [0.5, 0.6) is 0 Å². The van der Waals surface area contributed by atoms with Crippen LogP contribution in [0.4, 0.5) is 0 Å². The molecule has 0 aliphatic heterocycles. The van der Waals surface area contributed by atoms with E-state index in [9.17, 15) is 4.79 Å². The lowest BCUT2D eigenvalue weighted by Crippen LogP contribution is -2.23. The van der Waals surface area contributed by atoms with Crippen LogP contribution in [0, 0.1) is 6.92 Å². The molecule has 2 aromatic heterocycles. The Morgan fingerprint density at radius 1 is 1.33 bits per heavy atom. The number of aromatic nitrogens is 3. The molecule has 3 aromatic rings. The van der Waals surface area contributed by atoms with Gasteiger partial charge in [-0.3, -0.25) is 4.79 Å². The van der Waals surface area contributed by atoms with E-state index in [2.05, 4.69) is 15.4 Å². The first-order valence-corrected chi connectivity index (χ1v) is 6.51. The summed E-state index contributed by atoms with van der Waals surface area (Å²) in [6.45, 7) is 2.22. The molecule has 6 nitrogen and oxygen atoms in total. The van der Waals surface area contributed by atoms with Crippen molar-refractivity contribution in [1.29, 1.82) is 0 Å². The van der Waals surface area contributed by atoms with Crippen molar-refractivity contribution in [2.45, 2.75) is 13.5 Å². The molecular formula is C15H14N4O2. The Morgan fingerprint density at radius 3 is 2.90 bits per heavy atom. The zero-order valence-corrected chi connectivity index (χ0v) is 11.5. The third-order valence-corrected chi connectivity index (χ3v) is 3.16. The summed E-state index contributed by atoms with van der Waals surface area (Å²) in [7, 11) is 0. The standard InChI is InChI=1S/C15H14N4O2/c1-11-6-7-21-14(11)15(20)17-8-12-4-2-3-5-13(12)19-10-16-9-18-19/h2-7,9-10H,8H2,1H3,(H,17,20). The topological polar surface area (TPSA) is 73.0 Å². The van der Waals surface area contributed by atoms with Crippen molar-refractivity contribution in [2.75, 3.05) is 0 Å². The summed E-state index contributed by atoms with van der Waals surface area (Å²) >= 11 is 0. The van der Waals surface area contributed by atoms with Crippen molar-refractivity contribution in [3.63, 3.8) is 0 Å². The molecule has 0 aliphatic rings. The highest BCUT2D eigenvalue weighted by Gasteiger charge is 2.13. The first-order valence-electron chi connectivity index (χ1n) is 6.51. The maximum absolute atomic E-state index is 12.1. The van der Waals surface area contributed by atoms with Crippen LogP contribution in [-0.4, -0.2) is 20.7 Å². The summed E-state index contributed by atoms with van der Waals surface area (Å²) in [6.07, 6.45) is 4.60. The number of amides is 1. The van der Waals surface area contributed by atoms with E-state index in [4.69, 9.17) is 4.42 Å². The third-order valence-electron chi connectivity index (χ3n) is 3.16. The van der Waals surface area contributed by atoms with E-state index in [1.54, 1.807) is 17.1 Å².